The van der Waals surface area contributed by atoms with Crippen LogP contribution in [0.2, 0.25) is 10.0 Å². The van der Waals surface area contributed by atoms with Gasteiger partial charge in [0.25, 0.3) is 0 Å². The topological polar surface area (TPSA) is 35.2 Å². The maximum atomic E-state index is 13.8. The number of benzene rings is 2. The lowest BCUT2D eigenvalue weighted by Gasteiger charge is -2.27. The van der Waals surface area contributed by atoms with E-state index in [1.54, 1.807) is 6.92 Å². The largest absolute Gasteiger partial charge is 0.493 e. The monoisotopic (exact) mass is 325 g/mol. The summed E-state index contributed by atoms with van der Waals surface area (Å²) in [7, 11) is 0. The SMILES string of the molecule is CC(N)(c1ccc2c(c1)CCO2)c1cc(F)c(Cl)cc1Cl. The highest BCUT2D eigenvalue weighted by atomic mass is 35.5. The lowest BCUT2D eigenvalue weighted by atomic mass is 9.84. The molecular formula is C16H14Cl2FNO. The summed E-state index contributed by atoms with van der Waals surface area (Å²) in [5.41, 5.74) is 7.99. The third kappa shape index (κ3) is 2.50. The summed E-state index contributed by atoms with van der Waals surface area (Å²) in [5, 5.41) is 0.338. The van der Waals surface area contributed by atoms with Crippen LogP contribution in [0.3, 0.4) is 0 Å². The second-order valence-corrected chi connectivity index (χ2v) is 6.18. The minimum absolute atomic E-state index is 0.0121. The van der Waals surface area contributed by atoms with E-state index in [-0.39, 0.29) is 5.02 Å². The van der Waals surface area contributed by atoms with Crippen molar-refractivity contribution in [3.8, 4) is 5.75 Å². The molecule has 110 valence electrons. The number of halogens is 3. The van der Waals surface area contributed by atoms with Crippen molar-refractivity contribution in [2.45, 2.75) is 18.9 Å². The fourth-order valence-corrected chi connectivity index (χ4v) is 3.17. The summed E-state index contributed by atoms with van der Waals surface area (Å²) in [5.74, 6) is 0.347. The van der Waals surface area contributed by atoms with Crippen molar-refractivity contribution in [3.05, 3.63) is 62.9 Å². The fraction of sp³-hybridized carbons (Fsp3) is 0.250. The molecule has 0 bridgehead atoms. The van der Waals surface area contributed by atoms with E-state index < -0.39 is 11.4 Å². The summed E-state index contributed by atoms with van der Waals surface area (Å²) >= 11 is 11.9. The quantitative estimate of drug-likeness (QED) is 0.836. The molecule has 2 nitrogen and oxygen atoms in total. The maximum Gasteiger partial charge on any atom is 0.142 e. The molecule has 1 unspecified atom stereocenters. The number of ether oxygens (including phenoxy) is 1. The van der Waals surface area contributed by atoms with Crippen molar-refractivity contribution < 1.29 is 9.13 Å². The molecule has 1 aliphatic rings. The van der Waals surface area contributed by atoms with Gasteiger partial charge >= 0.3 is 0 Å². The van der Waals surface area contributed by atoms with Crippen molar-refractivity contribution in [1.82, 2.24) is 0 Å². The summed E-state index contributed by atoms with van der Waals surface area (Å²) in [6.07, 6.45) is 0.849. The van der Waals surface area contributed by atoms with Crippen LogP contribution in [0.25, 0.3) is 0 Å². The van der Waals surface area contributed by atoms with Crippen LogP contribution in [0, 0.1) is 5.82 Å². The molecule has 2 aromatic rings. The number of hydrogen-bond donors (Lipinski definition) is 1. The third-order valence-corrected chi connectivity index (χ3v) is 4.46. The smallest absolute Gasteiger partial charge is 0.142 e. The van der Waals surface area contributed by atoms with E-state index in [1.807, 2.05) is 18.2 Å². The van der Waals surface area contributed by atoms with Crippen molar-refractivity contribution in [3.63, 3.8) is 0 Å². The molecule has 2 aromatic carbocycles. The summed E-state index contributed by atoms with van der Waals surface area (Å²) in [4.78, 5) is 0. The van der Waals surface area contributed by atoms with Gasteiger partial charge in [-0.25, -0.2) is 4.39 Å². The van der Waals surface area contributed by atoms with Gasteiger partial charge in [0.2, 0.25) is 0 Å². The predicted molar refractivity (Wildman–Crippen MR) is 82.7 cm³/mol. The van der Waals surface area contributed by atoms with Crippen molar-refractivity contribution in [2.24, 2.45) is 5.73 Å². The molecule has 5 heteroatoms. The molecule has 0 aliphatic carbocycles. The molecule has 1 heterocycles. The standard InChI is InChI=1S/C16H14Cl2FNO/c1-16(20,11-7-14(19)13(18)8-12(11)17)10-2-3-15-9(6-10)4-5-21-15/h2-3,6-8H,4-5,20H2,1H3. The van der Waals surface area contributed by atoms with Crippen LogP contribution in [0.4, 0.5) is 4.39 Å². The molecule has 0 amide bonds. The van der Waals surface area contributed by atoms with E-state index in [0.29, 0.717) is 17.2 Å². The molecule has 0 saturated carbocycles. The van der Waals surface area contributed by atoms with E-state index in [2.05, 4.69) is 0 Å². The van der Waals surface area contributed by atoms with Crippen LogP contribution < -0.4 is 10.5 Å². The van der Waals surface area contributed by atoms with Gasteiger partial charge < -0.3 is 10.5 Å². The Morgan fingerprint density at radius 2 is 1.95 bits per heavy atom. The second-order valence-electron chi connectivity index (χ2n) is 5.37. The first kappa shape index (κ1) is 14.6. The summed E-state index contributed by atoms with van der Waals surface area (Å²) < 4.78 is 19.2. The molecule has 21 heavy (non-hydrogen) atoms. The molecular weight excluding hydrogens is 312 g/mol. The van der Waals surface area contributed by atoms with E-state index in [9.17, 15) is 4.39 Å². The summed E-state index contributed by atoms with van der Waals surface area (Å²) in [6.45, 7) is 2.48. The van der Waals surface area contributed by atoms with Gasteiger partial charge in [-0.3, -0.25) is 0 Å². The van der Waals surface area contributed by atoms with Gasteiger partial charge in [-0.15, -0.1) is 0 Å². The van der Waals surface area contributed by atoms with Crippen LogP contribution in [0.15, 0.2) is 30.3 Å². The van der Waals surface area contributed by atoms with Crippen LogP contribution >= 0.6 is 23.2 Å². The Morgan fingerprint density at radius 3 is 2.71 bits per heavy atom. The first-order valence-electron chi connectivity index (χ1n) is 6.59. The second kappa shape index (κ2) is 5.16. The Morgan fingerprint density at radius 1 is 1.19 bits per heavy atom. The minimum Gasteiger partial charge on any atom is -0.493 e. The van der Waals surface area contributed by atoms with E-state index >= 15 is 0 Å². The zero-order valence-corrected chi connectivity index (χ0v) is 12.9. The molecule has 0 radical (unpaired) electrons. The number of rotatable bonds is 2. The van der Waals surface area contributed by atoms with Crippen LogP contribution in [-0.2, 0) is 12.0 Å². The van der Waals surface area contributed by atoms with Gasteiger partial charge in [0.1, 0.15) is 11.6 Å². The van der Waals surface area contributed by atoms with E-state index in [1.165, 1.54) is 12.1 Å². The normalized spacial score (nSPS) is 16.2. The number of nitrogens with two attached hydrogens (primary N) is 1. The Balaban J connectivity index is 2.10. The van der Waals surface area contributed by atoms with Gasteiger partial charge in [0.05, 0.1) is 17.2 Å². The van der Waals surface area contributed by atoms with Crippen molar-refractivity contribution in [1.29, 1.82) is 0 Å². The number of fused-ring (bicyclic) bond motifs is 1. The van der Waals surface area contributed by atoms with Gasteiger partial charge in [0, 0.05) is 11.4 Å². The molecule has 3 rings (SSSR count). The highest BCUT2D eigenvalue weighted by Crippen LogP contribution is 2.37. The predicted octanol–water partition coefficient (Wildman–Crippen LogP) is 4.29. The molecule has 0 aromatic heterocycles. The average molecular weight is 326 g/mol. The van der Waals surface area contributed by atoms with Crippen molar-refractivity contribution in [2.75, 3.05) is 6.61 Å². The lowest BCUT2D eigenvalue weighted by Crippen LogP contribution is -2.34. The van der Waals surface area contributed by atoms with E-state index in [4.69, 9.17) is 33.7 Å². The lowest BCUT2D eigenvalue weighted by molar-refractivity contribution is 0.356. The summed E-state index contributed by atoms with van der Waals surface area (Å²) in [6, 6.07) is 8.45. The van der Waals surface area contributed by atoms with Crippen LogP contribution in [0.1, 0.15) is 23.6 Å². The van der Waals surface area contributed by atoms with Crippen LogP contribution in [-0.4, -0.2) is 6.61 Å². The zero-order valence-electron chi connectivity index (χ0n) is 11.4. The molecule has 1 atom stereocenters. The average Bonchev–Trinajstić information content (AvgIpc) is 2.90. The van der Waals surface area contributed by atoms with Crippen molar-refractivity contribution >= 4 is 23.2 Å². The third-order valence-electron chi connectivity index (χ3n) is 3.86. The van der Waals surface area contributed by atoms with Gasteiger partial charge in [-0.2, -0.15) is 0 Å². The first-order valence-corrected chi connectivity index (χ1v) is 7.35. The fourth-order valence-electron chi connectivity index (χ4n) is 2.59. The Bertz CT molecular complexity index is 716. The molecule has 0 fully saturated rings. The highest BCUT2D eigenvalue weighted by Gasteiger charge is 2.29. The van der Waals surface area contributed by atoms with Gasteiger partial charge in [0.15, 0.2) is 0 Å². The molecule has 2 N–H and O–H groups in total. The zero-order chi connectivity index (χ0) is 15.2. The Labute approximate surface area is 132 Å². The van der Waals surface area contributed by atoms with Gasteiger partial charge in [-0.05, 0) is 47.9 Å². The molecule has 0 saturated heterocycles. The Kier molecular flexibility index (Phi) is 3.60. The minimum atomic E-state index is -0.917. The molecule has 1 aliphatic heterocycles. The van der Waals surface area contributed by atoms with Gasteiger partial charge in [-0.1, -0.05) is 29.3 Å². The Hall–Kier alpha value is -1.29. The van der Waals surface area contributed by atoms with E-state index in [0.717, 1.165) is 23.3 Å². The first-order chi connectivity index (χ1) is 9.89. The van der Waals surface area contributed by atoms with Crippen LogP contribution in [0.5, 0.6) is 5.75 Å². The highest BCUT2D eigenvalue weighted by molar-refractivity contribution is 6.35. The maximum absolute atomic E-state index is 13.8. The number of hydrogen-bond acceptors (Lipinski definition) is 2. The molecule has 0 spiro atoms.